The molecule has 3 heterocycles. The smallest absolute Gasteiger partial charge is 0.244 e. The Kier molecular flexibility index (Phi) is 6.53. The van der Waals surface area contributed by atoms with E-state index in [2.05, 4.69) is 17.6 Å². The number of para-hydroxylation sites is 1. The van der Waals surface area contributed by atoms with E-state index in [1.807, 2.05) is 51.1 Å². The summed E-state index contributed by atoms with van der Waals surface area (Å²) in [5.74, 6) is -1.24. The number of unbranched alkanes of at least 4 members (excludes halogenated alkanes) is 1. The van der Waals surface area contributed by atoms with Crippen molar-refractivity contribution in [3.63, 3.8) is 0 Å². The topological polar surface area (TPSA) is 98.7 Å². The van der Waals surface area contributed by atoms with Gasteiger partial charge in [-0.05, 0) is 58.1 Å². The molecular formula is C25H35N3O4S. The molecule has 0 aliphatic carbocycles. The maximum atomic E-state index is 13.8. The van der Waals surface area contributed by atoms with Gasteiger partial charge in [-0.25, -0.2) is 0 Å². The zero-order chi connectivity index (χ0) is 24.0. The molecule has 0 aromatic heterocycles. The van der Waals surface area contributed by atoms with Crippen LogP contribution >= 0.6 is 11.8 Å². The molecule has 3 fully saturated rings. The van der Waals surface area contributed by atoms with E-state index in [4.69, 9.17) is 0 Å². The van der Waals surface area contributed by atoms with Crippen molar-refractivity contribution in [1.29, 1.82) is 0 Å². The lowest BCUT2D eigenvalue weighted by Crippen LogP contribution is -2.59. The van der Waals surface area contributed by atoms with Gasteiger partial charge in [-0.1, -0.05) is 25.1 Å². The predicted octanol–water partition coefficient (Wildman–Crippen LogP) is 2.65. The van der Waals surface area contributed by atoms with E-state index in [1.54, 1.807) is 16.7 Å². The first-order valence-electron chi connectivity index (χ1n) is 11.9. The van der Waals surface area contributed by atoms with Gasteiger partial charge in [-0.3, -0.25) is 14.4 Å². The first-order valence-corrected chi connectivity index (χ1v) is 12.7. The van der Waals surface area contributed by atoms with Crippen molar-refractivity contribution in [3.8, 4) is 0 Å². The van der Waals surface area contributed by atoms with Gasteiger partial charge in [0.05, 0.1) is 16.6 Å². The summed E-state index contributed by atoms with van der Waals surface area (Å²) in [6.45, 7) is 8.38. The largest absolute Gasteiger partial charge is 0.396 e. The van der Waals surface area contributed by atoms with Gasteiger partial charge >= 0.3 is 0 Å². The minimum Gasteiger partial charge on any atom is -0.396 e. The van der Waals surface area contributed by atoms with Crippen LogP contribution in [0.2, 0.25) is 0 Å². The summed E-state index contributed by atoms with van der Waals surface area (Å²) in [5, 5.41) is 15.4. The van der Waals surface area contributed by atoms with E-state index >= 15 is 0 Å². The first kappa shape index (κ1) is 24.1. The second kappa shape index (κ2) is 8.95. The highest BCUT2D eigenvalue weighted by Gasteiger charge is 2.75. The number of carbonyl (C=O) groups is 3. The summed E-state index contributed by atoms with van der Waals surface area (Å²) in [6, 6.07) is 8.69. The summed E-state index contributed by atoms with van der Waals surface area (Å²) in [6.07, 6.45) is 2.00. The first-order chi connectivity index (χ1) is 15.6. The Bertz CT molecular complexity index is 918. The second-order valence-corrected chi connectivity index (χ2v) is 12.2. The second-order valence-electron chi connectivity index (χ2n) is 10.6. The van der Waals surface area contributed by atoms with Crippen LogP contribution in [0.25, 0.3) is 0 Å². The fourth-order valence-electron chi connectivity index (χ4n) is 5.94. The average molecular weight is 474 g/mol. The van der Waals surface area contributed by atoms with Gasteiger partial charge in [0.1, 0.15) is 6.04 Å². The van der Waals surface area contributed by atoms with Gasteiger partial charge in [0.15, 0.2) is 0 Å². The molecule has 3 aliphatic rings. The van der Waals surface area contributed by atoms with Gasteiger partial charge in [-0.2, -0.15) is 0 Å². The fourth-order valence-corrected chi connectivity index (χ4v) is 8.36. The summed E-state index contributed by atoms with van der Waals surface area (Å²) in [7, 11) is 0. The van der Waals surface area contributed by atoms with Gasteiger partial charge in [0, 0.05) is 29.6 Å². The van der Waals surface area contributed by atoms with E-state index in [0.717, 1.165) is 6.42 Å². The van der Waals surface area contributed by atoms with Crippen molar-refractivity contribution in [2.45, 2.75) is 68.5 Å². The number of anilines is 1. The zero-order valence-corrected chi connectivity index (χ0v) is 20.7. The van der Waals surface area contributed by atoms with Crippen LogP contribution in [0, 0.1) is 17.8 Å². The van der Waals surface area contributed by atoms with Crippen molar-refractivity contribution in [1.82, 2.24) is 10.2 Å². The third-order valence-electron chi connectivity index (χ3n) is 7.14. The lowest BCUT2D eigenvalue weighted by atomic mass is 9.65. The number of rotatable bonds is 7. The quantitative estimate of drug-likeness (QED) is 0.529. The molecule has 8 heteroatoms. The number of aliphatic hydroxyl groups is 1. The third kappa shape index (κ3) is 4.16. The highest BCUT2D eigenvalue weighted by atomic mass is 32.2. The van der Waals surface area contributed by atoms with Crippen LogP contribution in [0.4, 0.5) is 5.69 Å². The van der Waals surface area contributed by atoms with Crippen LogP contribution in [0.15, 0.2) is 30.3 Å². The summed E-state index contributed by atoms with van der Waals surface area (Å²) < 4.78 is -0.616. The number of nitrogens with zero attached hydrogens (tertiary/aromatic N) is 1. The zero-order valence-electron chi connectivity index (χ0n) is 19.8. The van der Waals surface area contributed by atoms with Crippen LogP contribution in [-0.2, 0) is 14.4 Å². The molecular weight excluding hydrogens is 438 g/mol. The SMILES string of the molecule is CC1C[C@@H]2SC13C(C(=O)NC(C)(C)C)N(CCCCO)C(=O)[C@@H]3[C@@H]2C(=O)Nc1ccccc1. The molecule has 1 aromatic carbocycles. The van der Waals surface area contributed by atoms with Crippen LogP contribution < -0.4 is 10.6 Å². The van der Waals surface area contributed by atoms with E-state index in [-0.39, 0.29) is 35.5 Å². The van der Waals surface area contributed by atoms with Crippen LogP contribution in [0.1, 0.15) is 47.0 Å². The Morgan fingerprint density at radius 3 is 2.52 bits per heavy atom. The molecule has 3 amide bonds. The Labute approximate surface area is 200 Å². The third-order valence-corrected chi connectivity index (χ3v) is 9.22. The summed E-state index contributed by atoms with van der Waals surface area (Å²) in [4.78, 5) is 42.6. The molecule has 3 N–H and O–H groups in total. The maximum Gasteiger partial charge on any atom is 0.244 e. The standard InChI is InChI=1S/C25H35N3O4S/c1-15-14-17-18(21(30)26-16-10-6-5-7-11-16)19-23(32)28(12-8-9-13-29)20(25(15,19)33-17)22(31)27-24(2,3)4/h5-7,10-11,15,17-20,29H,8-9,12-14H2,1-4H3,(H,26,30)(H,27,31)/t15?,17-,18+,19-,20?,25?/m0/s1. The molecule has 33 heavy (non-hydrogen) atoms. The molecule has 0 saturated carbocycles. The molecule has 6 atom stereocenters. The molecule has 3 unspecified atom stereocenters. The Morgan fingerprint density at radius 2 is 1.88 bits per heavy atom. The van der Waals surface area contributed by atoms with E-state index in [0.29, 0.717) is 25.1 Å². The van der Waals surface area contributed by atoms with Gasteiger partial charge < -0.3 is 20.6 Å². The summed E-state index contributed by atoms with van der Waals surface area (Å²) in [5.41, 5.74) is 0.282. The maximum absolute atomic E-state index is 13.8. The number of thioether (sulfide) groups is 1. The number of amides is 3. The number of hydrogen-bond acceptors (Lipinski definition) is 5. The predicted molar refractivity (Wildman–Crippen MR) is 130 cm³/mol. The molecule has 3 aliphatic heterocycles. The lowest BCUT2D eigenvalue weighted by Gasteiger charge is -2.39. The molecule has 2 bridgehead atoms. The number of hydrogen-bond donors (Lipinski definition) is 3. The van der Waals surface area contributed by atoms with Crippen molar-refractivity contribution in [3.05, 3.63) is 30.3 Å². The molecule has 7 nitrogen and oxygen atoms in total. The van der Waals surface area contributed by atoms with E-state index in [1.165, 1.54) is 0 Å². The number of aliphatic hydroxyl groups excluding tert-OH is 1. The monoisotopic (exact) mass is 473 g/mol. The van der Waals surface area contributed by atoms with Crippen LogP contribution in [0.3, 0.4) is 0 Å². The molecule has 180 valence electrons. The van der Waals surface area contributed by atoms with Crippen LogP contribution in [-0.4, -0.2) is 62.5 Å². The van der Waals surface area contributed by atoms with Crippen LogP contribution in [0.5, 0.6) is 0 Å². The fraction of sp³-hybridized carbons (Fsp3) is 0.640. The van der Waals surface area contributed by atoms with Gasteiger partial charge in [0.2, 0.25) is 17.7 Å². The molecule has 4 rings (SSSR count). The Balaban J connectivity index is 1.68. The molecule has 3 saturated heterocycles. The minimum absolute atomic E-state index is 0.0159. The summed E-state index contributed by atoms with van der Waals surface area (Å²) >= 11 is 1.68. The highest BCUT2D eigenvalue weighted by molar-refractivity contribution is 8.02. The van der Waals surface area contributed by atoms with Crippen molar-refractivity contribution < 1.29 is 19.5 Å². The highest BCUT2D eigenvalue weighted by Crippen LogP contribution is 2.68. The van der Waals surface area contributed by atoms with Gasteiger partial charge in [0.25, 0.3) is 0 Å². The number of likely N-dealkylation sites (tertiary alicyclic amines) is 1. The molecule has 1 spiro atoms. The lowest BCUT2D eigenvalue weighted by molar-refractivity contribution is -0.139. The van der Waals surface area contributed by atoms with Gasteiger partial charge in [-0.15, -0.1) is 11.8 Å². The Morgan fingerprint density at radius 1 is 1.18 bits per heavy atom. The average Bonchev–Trinajstić information content (AvgIpc) is 3.32. The minimum atomic E-state index is -0.618. The number of carbonyl (C=O) groups excluding carboxylic acids is 3. The Hall–Kier alpha value is -2.06. The van der Waals surface area contributed by atoms with Crippen molar-refractivity contribution >= 4 is 35.2 Å². The van der Waals surface area contributed by atoms with E-state index < -0.39 is 28.2 Å². The van der Waals surface area contributed by atoms with Crippen molar-refractivity contribution in [2.75, 3.05) is 18.5 Å². The number of benzene rings is 1. The number of nitrogens with one attached hydrogen (secondary N) is 2. The molecule has 0 radical (unpaired) electrons. The van der Waals surface area contributed by atoms with E-state index in [9.17, 15) is 19.5 Å². The van der Waals surface area contributed by atoms with Crippen molar-refractivity contribution in [2.24, 2.45) is 17.8 Å². The normalized spacial score (nSPS) is 32.7. The number of fused-ring (bicyclic) bond motifs is 1. The molecule has 1 aromatic rings.